The summed E-state index contributed by atoms with van der Waals surface area (Å²) < 4.78 is 18.4. The number of esters is 1. The van der Waals surface area contributed by atoms with Gasteiger partial charge < -0.3 is 15.0 Å². The van der Waals surface area contributed by atoms with Crippen LogP contribution in [0.25, 0.3) is 0 Å². The first kappa shape index (κ1) is 18.7. The van der Waals surface area contributed by atoms with E-state index in [9.17, 15) is 18.8 Å². The number of amides is 2. The Balaban J connectivity index is 2.01. The van der Waals surface area contributed by atoms with Gasteiger partial charge in [-0.25, -0.2) is 4.39 Å². The third-order valence-corrected chi connectivity index (χ3v) is 5.11. The molecule has 1 aliphatic rings. The minimum absolute atomic E-state index is 0.176. The quantitative estimate of drug-likeness (QED) is 0.713. The maximum Gasteiger partial charge on any atom is 0.325 e. The van der Waals surface area contributed by atoms with Crippen molar-refractivity contribution in [1.29, 1.82) is 0 Å². The van der Waals surface area contributed by atoms with Crippen LogP contribution in [0, 0.1) is 5.82 Å². The monoisotopic (exact) mass is 418 g/mol. The molecular formula is C15H16BrFN2O4S. The molecule has 130 valence electrons. The normalized spacial score (nSPS) is 17.0. The molecule has 1 saturated heterocycles. The molecule has 2 amide bonds. The van der Waals surface area contributed by atoms with Gasteiger partial charge in [0.15, 0.2) is 0 Å². The molecule has 1 aliphatic heterocycles. The first-order valence-corrected chi connectivity index (χ1v) is 9.05. The Morgan fingerprint density at radius 1 is 1.50 bits per heavy atom. The second-order valence-electron chi connectivity index (χ2n) is 4.94. The smallest absolute Gasteiger partial charge is 0.325 e. The average Bonchev–Trinajstić information content (AvgIpc) is 2.89. The van der Waals surface area contributed by atoms with E-state index in [-0.39, 0.29) is 36.7 Å². The van der Waals surface area contributed by atoms with Crippen molar-refractivity contribution in [2.75, 3.05) is 25.4 Å². The number of nitrogens with zero attached hydrogens (tertiary/aromatic N) is 1. The highest BCUT2D eigenvalue weighted by molar-refractivity contribution is 9.10. The first-order chi connectivity index (χ1) is 11.4. The molecule has 0 aliphatic carbocycles. The number of ether oxygens (including phenoxy) is 1. The molecule has 0 bridgehead atoms. The summed E-state index contributed by atoms with van der Waals surface area (Å²) in [6.45, 7) is 1.49. The summed E-state index contributed by atoms with van der Waals surface area (Å²) in [5.74, 6) is -1.33. The number of hydrogen-bond acceptors (Lipinski definition) is 5. The fourth-order valence-corrected chi connectivity index (χ4v) is 3.73. The fraction of sp³-hybridized carbons (Fsp3) is 0.400. The molecule has 0 spiro atoms. The van der Waals surface area contributed by atoms with Gasteiger partial charge in [-0.1, -0.05) is 6.07 Å². The van der Waals surface area contributed by atoms with Gasteiger partial charge in [0.05, 0.1) is 16.8 Å². The highest BCUT2D eigenvalue weighted by Crippen LogP contribution is 2.39. The molecule has 9 heteroatoms. The molecule has 1 atom stereocenters. The van der Waals surface area contributed by atoms with Crippen LogP contribution in [0.3, 0.4) is 0 Å². The minimum atomic E-state index is -0.535. The molecule has 1 aromatic carbocycles. The van der Waals surface area contributed by atoms with E-state index in [4.69, 9.17) is 4.74 Å². The molecule has 2 rings (SSSR count). The summed E-state index contributed by atoms with van der Waals surface area (Å²) in [7, 11) is 0. The Kier molecular flexibility index (Phi) is 6.61. The van der Waals surface area contributed by atoms with Crippen molar-refractivity contribution in [2.45, 2.75) is 12.3 Å². The number of rotatable bonds is 6. The highest BCUT2D eigenvalue weighted by Gasteiger charge is 2.34. The maximum absolute atomic E-state index is 13.4. The van der Waals surface area contributed by atoms with Crippen LogP contribution in [0.2, 0.25) is 0 Å². The number of carbonyl (C=O) groups is 3. The van der Waals surface area contributed by atoms with Crippen LogP contribution < -0.4 is 5.32 Å². The first-order valence-electron chi connectivity index (χ1n) is 7.20. The van der Waals surface area contributed by atoms with Crippen molar-refractivity contribution in [3.63, 3.8) is 0 Å². The van der Waals surface area contributed by atoms with Crippen molar-refractivity contribution >= 4 is 45.5 Å². The molecule has 1 heterocycles. The Hall–Kier alpha value is -1.61. The lowest BCUT2D eigenvalue weighted by Gasteiger charge is -2.23. The van der Waals surface area contributed by atoms with Gasteiger partial charge in [0.2, 0.25) is 11.8 Å². The van der Waals surface area contributed by atoms with Gasteiger partial charge in [-0.15, -0.1) is 11.8 Å². The van der Waals surface area contributed by atoms with Crippen LogP contribution in [0.4, 0.5) is 4.39 Å². The molecule has 0 saturated carbocycles. The van der Waals surface area contributed by atoms with Crippen LogP contribution in [-0.4, -0.2) is 48.1 Å². The van der Waals surface area contributed by atoms with E-state index in [1.807, 2.05) is 0 Å². The van der Waals surface area contributed by atoms with Crippen molar-refractivity contribution in [3.8, 4) is 0 Å². The molecule has 1 fully saturated rings. The van der Waals surface area contributed by atoms with Crippen LogP contribution in [0.5, 0.6) is 0 Å². The van der Waals surface area contributed by atoms with E-state index in [1.165, 1.54) is 22.7 Å². The van der Waals surface area contributed by atoms with Crippen LogP contribution in [-0.2, 0) is 19.1 Å². The molecule has 1 unspecified atom stereocenters. The Morgan fingerprint density at radius 3 is 2.92 bits per heavy atom. The van der Waals surface area contributed by atoms with Crippen molar-refractivity contribution in [2.24, 2.45) is 0 Å². The largest absolute Gasteiger partial charge is 0.465 e. The lowest BCUT2D eigenvalue weighted by molar-refractivity contribution is -0.143. The van der Waals surface area contributed by atoms with Gasteiger partial charge in [-0.2, -0.15) is 0 Å². The van der Waals surface area contributed by atoms with Crippen LogP contribution >= 0.6 is 27.7 Å². The Labute approximate surface area is 151 Å². The van der Waals surface area contributed by atoms with Gasteiger partial charge in [0.1, 0.15) is 24.3 Å². The summed E-state index contributed by atoms with van der Waals surface area (Å²) in [5, 5.41) is 2.05. The van der Waals surface area contributed by atoms with Gasteiger partial charge in [-0.05, 0) is 40.5 Å². The van der Waals surface area contributed by atoms with Gasteiger partial charge in [0, 0.05) is 0 Å². The summed E-state index contributed by atoms with van der Waals surface area (Å²) in [4.78, 5) is 36.6. The van der Waals surface area contributed by atoms with Gasteiger partial charge in [-0.3, -0.25) is 14.4 Å². The number of nitrogens with one attached hydrogen (secondary N) is 1. The van der Waals surface area contributed by atoms with Crippen molar-refractivity contribution < 1.29 is 23.5 Å². The molecule has 1 N–H and O–H groups in total. The second kappa shape index (κ2) is 8.48. The zero-order valence-corrected chi connectivity index (χ0v) is 15.3. The Morgan fingerprint density at radius 2 is 2.25 bits per heavy atom. The topological polar surface area (TPSA) is 75.7 Å². The second-order valence-corrected chi connectivity index (χ2v) is 6.86. The summed E-state index contributed by atoms with van der Waals surface area (Å²) in [6, 6.07) is 4.48. The van der Waals surface area contributed by atoms with E-state index in [2.05, 4.69) is 21.2 Å². The Bertz CT molecular complexity index is 658. The molecular weight excluding hydrogens is 403 g/mol. The summed E-state index contributed by atoms with van der Waals surface area (Å²) in [6.07, 6.45) is 0. The highest BCUT2D eigenvalue weighted by atomic mass is 79.9. The average molecular weight is 419 g/mol. The lowest BCUT2D eigenvalue weighted by Crippen LogP contribution is -2.41. The van der Waals surface area contributed by atoms with E-state index < -0.39 is 17.7 Å². The third kappa shape index (κ3) is 4.70. The molecule has 1 aromatic rings. The number of halogens is 2. The van der Waals surface area contributed by atoms with E-state index in [1.54, 1.807) is 19.1 Å². The summed E-state index contributed by atoms with van der Waals surface area (Å²) in [5.41, 5.74) is 0.720. The zero-order valence-electron chi connectivity index (χ0n) is 12.9. The number of benzene rings is 1. The molecule has 0 radical (unpaired) electrons. The number of hydrogen-bond donors (Lipinski definition) is 1. The molecule has 24 heavy (non-hydrogen) atoms. The summed E-state index contributed by atoms with van der Waals surface area (Å²) >= 11 is 4.48. The van der Waals surface area contributed by atoms with Crippen LogP contribution in [0.1, 0.15) is 17.9 Å². The van der Waals surface area contributed by atoms with Gasteiger partial charge >= 0.3 is 5.97 Å². The van der Waals surface area contributed by atoms with Gasteiger partial charge in [0.25, 0.3) is 0 Å². The molecule has 0 aromatic heterocycles. The van der Waals surface area contributed by atoms with E-state index >= 15 is 0 Å². The van der Waals surface area contributed by atoms with Crippen molar-refractivity contribution in [1.82, 2.24) is 10.2 Å². The standard InChI is InChI=1S/C15H16BrFN2O4S/c1-2-23-14(22)6-18-12(20)7-19-13(21)8-24-15(19)9-3-4-11(17)10(16)5-9/h3-5,15H,2,6-8H2,1H3,(H,18,20). The van der Waals surface area contributed by atoms with E-state index in [0.29, 0.717) is 4.47 Å². The number of thioether (sulfide) groups is 1. The van der Waals surface area contributed by atoms with Crippen molar-refractivity contribution in [3.05, 3.63) is 34.1 Å². The molecule has 6 nitrogen and oxygen atoms in total. The minimum Gasteiger partial charge on any atom is -0.465 e. The number of carbonyl (C=O) groups excluding carboxylic acids is 3. The SMILES string of the molecule is CCOC(=O)CNC(=O)CN1C(=O)CSC1c1ccc(F)c(Br)c1. The third-order valence-electron chi connectivity index (χ3n) is 3.25. The predicted octanol–water partition coefficient (Wildman–Crippen LogP) is 1.84. The predicted molar refractivity (Wildman–Crippen MR) is 90.7 cm³/mol. The zero-order chi connectivity index (χ0) is 17.7. The lowest BCUT2D eigenvalue weighted by atomic mass is 10.2. The van der Waals surface area contributed by atoms with Crippen LogP contribution in [0.15, 0.2) is 22.7 Å². The maximum atomic E-state index is 13.4. The fourth-order valence-electron chi connectivity index (χ4n) is 2.16. The van der Waals surface area contributed by atoms with E-state index in [0.717, 1.165) is 5.56 Å².